The Bertz CT molecular complexity index is 1170. The lowest BCUT2D eigenvalue weighted by Gasteiger charge is -2.44. The fourth-order valence-corrected chi connectivity index (χ4v) is 4.80. The van der Waals surface area contributed by atoms with Gasteiger partial charge in [-0.05, 0) is 24.6 Å². The van der Waals surface area contributed by atoms with Crippen LogP contribution < -0.4 is 10.5 Å². The molecule has 2 amide bonds. The van der Waals surface area contributed by atoms with Gasteiger partial charge >= 0.3 is 0 Å². The smallest absolute Gasteiger partial charge is 0.261 e. The molecule has 0 spiro atoms. The first kappa shape index (κ1) is 23.2. The molecule has 3 aromatic rings. The van der Waals surface area contributed by atoms with E-state index >= 15 is 0 Å². The van der Waals surface area contributed by atoms with E-state index < -0.39 is 6.04 Å². The van der Waals surface area contributed by atoms with Crippen LogP contribution >= 0.6 is 22.9 Å². The summed E-state index contributed by atoms with van der Waals surface area (Å²) in [5, 5.41) is 3.60. The third-order valence-corrected chi connectivity index (χ3v) is 6.74. The highest BCUT2D eigenvalue weighted by atomic mass is 35.5. The van der Waals surface area contributed by atoms with Gasteiger partial charge in [0.05, 0.1) is 17.1 Å². The summed E-state index contributed by atoms with van der Waals surface area (Å²) >= 11 is 7.22. The molecule has 1 saturated heterocycles. The second-order valence-corrected chi connectivity index (χ2v) is 9.13. The fourth-order valence-electron chi connectivity index (χ4n) is 3.89. The number of fused-ring (bicyclic) bond motifs is 1. The molecular formula is C22H24ClN5O4S. The van der Waals surface area contributed by atoms with Crippen molar-refractivity contribution in [3.8, 4) is 5.06 Å². The van der Waals surface area contributed by atoms with Crippen molar-refractivity contribution < 1.29 is 19.1 Å². The molecule has 3 heterocycles. The van der Waals surface area contributed by atoms with Crippen molar-refractivity contribution in [3.63, 3.8) is 0 Å². The van der Waals surface area contributed by atoms with Crippen LogP contribution in [-0.4, -0.2) is 70.5 Å². The number of anilines is 1. The van der Waals surface area contributed by atoms with Crippen molar-refractivity contribution in [3.05, 3.63) is 46.6 Å². The quantitative estimate of drug-likeness (QED) is 0.543. The topological polar surface area (TPSA) is 111 Å². The summed E-state index contributed by atoms with van der Waals surface area (Å²) in [5.41, 5.74) is 7.54. The molecule has 2 unspecified atom stereocenters. The number of hydrogen-bond acceptors (Lipinski definition) is 8. The summed E-state index contributed by atoms with van der Waals surface area (Å²) in [6.07, 6.45) is 1.42. The molecule has 1 fully saturated rings. The number of aromatic nitrogens is 2. The molecule has 2 N–H and O–H groups in total. The number of amides is 2. The van der Waals surface area contributed by atoms with Crippen LogP contribution in [-0.2, 0) is 20.9 Å². The first-order valence-electron chi connectivity index (χ1n) is 10.3. The molecule has 2 atom stereocenters. The maximum Gasteiger partial charge on any atom is 0.261 e. The molecule has 1 aromatic carbocycles. The second-order valence-electron chi connectivity index (χ2n) is 7.82. The van der Waals surface area contributed by atoms with Crippen LogP contribution in [0.4, 0.5) is 5.82 Å². The van der Waals surface area contributed by atoms with Gasteiger partial charge in [0.15, 0.2) is 11.7 Å². The fraction of sp³-hybridized carbons (Fsp3) is 0.364. The number of thiophene rings is 1. The number of nitrogen functional groups attached to an aromatic ring is 1. The zero-order valence-electron chi connectivity index (χ0n) is 18.2. The molecule has 2 aromatic heterocycles. The van der Waals surface area contributed by atoms with E-state index in [-0.39, 0.29) is 31.1 Å². The Kier molecular flexibility index (Phi) is 6.96. The zero-order chi connectivity index (χ0) is 23.5. The molecule has 1 aliphatic heterocycles. The molecular weight excluding hydrogens is 466 g/mol. The molecule has 11 heteroatoms. The molecule has 9 nitrogen and oxygen atoms in total. The van der Waals surface area contributed by atoms with E-state index in [1.807, 2.05) is 25.1 Å². The van der Waals surface area contributed by atoms with Crippen molar-refractivity contribution in [2.45, 2.75) is 25.6 Å². The minimum absolute atomic E-state index is 0.0973. The number of halogens is 1. The summed E-state index contributed by atoms with van der Waals surface area (Å²) < 4.78 is 10.8. The van der Waals surface area contributed by atoms with Crippen LogP contribution in [0.15, 0.2) is 36.0 Å². The Balaban J connectivity index is 1.49. The zero-order valence-corrected chi connectivity index (χ0v) is 19.8. The Morgan fingerprint density at radius 1 is 1.33 bits per heavy atom. The Hall–Kier alpha value is -2.95. The summed E-state index contributed by atoms with van der Waals surface area (Å²) in [7, 11) is 1.51. The van der Waals surface area contributed by atoms with E-state index in [0.717, 1.165) is 10.9 Å². The highest BCUT2D eigenvalue weighted by molar-refractivity contribution is 7.12. The van der Waals surface area contributed by atoms with Crippen LogP contribution in [0.2, 0.25) is 5.02 Å². The van der Waals surface area contributed by atoms with Crippen molar-refractivity contribution in [2.75, 3.05) is 32.6 Å². The van der Waals surface area contributed by atoms with E-state index in [2.05, 4.69) is 9.97 Å². The molecule has 0 saturated carbocycles. The normalized spacial score (nSPS) is 18.7. The van der Waals surface area contributed by atoms with Crippen molar-refractivity contribution in [2.24, 2.45) is 0 Å². The number of nitrogens with zero attached hydrogens (tertiary/aromatic N) is 4. The highest BCUT2D eigenvalue weighted by Gasteiger charge is 2.41. The predicted octanol–water partition coefficient (Wildman–Crippen LogP) is 2.58. The standard InChI is InChI=1S/C22H24ClN5O4S/c1-13-7-28(19(29)10-32-20-6-15(23)11-33-20)18(9-31-2)22(30)27(13)8-14-3-4-16-17(5-14)25-12-26-21(16)24/h3-6,11-13,18H,7-10H2,1-2H3,(H2,24,25,26). The number of carbonyl (C=O) groups excluding carboxylic acids is 2. The minimum Gasteiger partial charge on any atom is -0.474 e. The third-order valence-electron chi connectivity index (χ3n) is 5.55. The van der Waals surface area contributed by atoms with Gasteiger partial charge in [0.25, 0.3) is 5.91 Å². The molecule has 0 aliphatic carbocycles. The number of hydrogen-bond donors (Lipinski definition) is 1. The van der Waals surface area contributed by atoms with Gasteiger partial charge in [0.1, 0.15) is 18.2 Å². The maximum absolute atomic E-state index is 13.4. The van der Waals surface area contributed by atoms with E-state index in [9.17, 15) is 9.59 Å². The number of benzene rings is 1. The van der Waals surface area contributed by atoms with Crippen LogP contribution in [0, 0.1) is 0 Å². The van der Waals surface area contributed by atoms with E-state index in [4.69, 9.17) is 26.8 Å². The van der Waals surface area contributed by atoms with Gasteiger partial charge < -0.3 is 25.0 Å². The second kappa shape index (κ2) is 9.90. The third kappa shape index (κ3) is 5.02. The number of methoxy groups -OCH3 is 1. The average Bonchev–Trinajstić information content (AvgIpc) is 3.22. The molecule has 0 radical (unpaired) electrons. The number of carbonyl (C=O) groups is 2. The van der Waals surface area contributed by atoms with Crippen LogP contribution in [0.25, 0.3) is 10.9 Å². The van der Waals surface area contributed by atoms with E-state index in [0.29, 0.717) is 34.5 Å². The van der Waals surface area contributed by atoms with Gasteiger partial charge in [-0.3, -0.25) is 9.59 Å². The number of ether oxygens (including phenoxy) is 2. The van der Waals surface area contributed by atoms with Gasteiger partial charge in [0, 0.05) is 43.1 Å². The van der Waals surface area contributed by atoms with Crippen molar-refractivity contribution in [1.29, 1.82) is 0 Å². The summed E-state index contributed by atoms with van der Waals surface area (Å²) in [4.78, 5) is 37.9. The Labute approximate surface area is 200 Å². The maximum atomic E-state index is 13.4. The van der Waals surface area contributed by atoms with Crippen LogP contribution in [0.5, 0.6) is 5.06 Å². The van der Waals surface area contributed by atoms with Gasteiger partial charge in [-0.15, -0.1) is 11.3 Å². The average molecular weight is 490 g/mol. The van der Waals surface area contributed by atoms with E-state index in [1.54, 1.807) is 16.3 Å². The van der Waals surface area contributed by atoms with Crippen LogP contribution in [0.1, 0.15) is 12.5 Å². The molecule has 174 valence electrons. The summed E-state index contributed by atoms with van der Waals surface area (Å²) in [5.74, 6) is -0.0416. The molecule has 33 heavy (non-hydrogen) atoms. The molecule has 0 bridgehead atoms. The molecule has 4 rings (SSSR count). The lowest BCUT2D eigenvalue weighted by Crippen LogP contribution is -2.63. The lowest BCUT2D eigenvalue weighted by molar-refractivity contribution is -0.158. The molecule has 1 aliphatic rings. The van der Waals surface area contributed by atoms with E-state index in [1.165, 1.54) is 29.7 Å². The lowest BCUT2D eigenvalue weighted by atomic mass is 10.0. The number of nitrogens with two attached hydrogens (primary N) is 1. The largest absolute Gasteiger partial charge is 0.474 e. The Morgan fingerprint density at radius 2 is 2.15 bits per heavy atom. The monoisotopic (exact) mass is 489 g/mol. The van der Waals surface area contributed by atoms with Gasteiger partial charge in [-0.2, -0.15) is 0 Å². The van der Waals surface area contributed by atoms with Gasteiger partial charge in [0.2, 0.25) is 5.91 Å². The SMILES string of the molecule is COCC1C(=O)N(Cc2ccc3c(N)ncnc3c2)C(C)CN1C(=O)COc1cc(Cl)cs1. The van der Waals surface area contributed by atoms with Crippen LogP contribution in [0.3, 0.4) is 0 Å². The van der Waals surface area contributed by atoms with Crippen molar-refractivity contribution in [1.82, 2.24) is 19.8 Å². The first-order chi connectivity index (χ1) is 15.9. The number of rotatable bonds is 7. The number of piperazine rings is 1. The van der Waals surface area contributed by atoms with Crippen molar-refractivity contribution >= 4 is 51.5 Å². The predicted molar refractivity (Wildman–Crippen MR) is 126 cm³/mol. The Morgan fingerprint density at radius 3 is 2.88 bits per heavy atom. The first-order valence-corrected chi connectivity index (χ1v) is 11.6. The van der Waals surface area contributed by atoms with Gasteiger partial charge in [-0.25, -0.2) is 9.97 Å². The van der Waals surface area contributed by atoms with Gasteiger partial charge in [-0.1, -0.05) is 17.7 Å². The summed E-state index contributed by atoms with van der Waals surface area (Å²) in [6, 6.07) is 6.39. The minimum atomic E-state index is -0.729. The highest BCUT2D eigenvalue weighted by Crippen LogP contribution is 2.27. The summed E-state index contributed by atoms with van der Waals surface area (Å²) in [6.45, 7) is 2.59.